The molecule has 6 nitrogen and oxygen atoms in total. The van der Waals surface area contributed by atoms with Gasteiger partial charge in [0.1, 0.15) is 5.60 Å². The fourth-order valence-corrected chi connectivity index (χ4v) is 3.50. The van der Waals surface area contributed by atoms with Gasteiger partial charge in [0, 0.05) is 11.0 Å². The maximum atomic E-state index is 11.7. The van der Waals surface area contributed by atoms with Crippen LogP contribution in [0.1, 0.15) is 40.0 Å². The van der Waals surface area contributed by atoms with Gasteiger partial charge in [-0.15, -0.1) is 0 Å². The van der Waals surface area contributed by atoms with Crippen molar-refractivity contribution in [1.82, 2.24) is 5.32 Å². The molecule has 0 saturated heterocycles. The molecule has 3 aliphatic rings. The summed E-state index contributed by atoms with van der Waals surface area (Å²) in [7, 11) is -3.39. The topological polar surface area (TPSA) is 81.7 Å². The van der Waals surface area contributed by atoms with Crippen molar-refractivity contribution in [3.05, 3.63) is 0 Å². The number of ether oxygens (including phenoxy) is 1. The Balaban J connectivity index is 1.76. The van der Waals surface area contributed by atoms with Crippen molar-refractivity contribution < 1.29 is 22.1 Å². The summed E-state index contributed by atoms with van der Waals surface area (Å²) >= 11 is 0. The van der Waals surface area contributed by atoms with Crippen molar-refractivity contribution in [1.29, 1.82) is 0 Å². The molecule has 0 heterocycles. The van der Waals surface area contributed by atoms with E-state index in [1.54, 1.807) is 0 Å². The average Bonchev–Trinajstić information content (AvgIpc) is 2.01. The van der Waals surface area contributed by atoms with Gasteiger partial charge in [-0.1, -0.05) is 0 Å². The number of nitrogens with one attached hydrogen (secondary N) is 1. The summed E-state index contributed by atoms with van der Waals surface area (Å²) in [6, 6.07) is 0. The first-order valence-electron chi connectivity index (χ1n) is 6.28. The highest BCUT2D eigenvalue weighted by Crippen LogP contribution is 2.67. The lowest BCUT2D eigenvalue weighted by atomic mass is 9.40. The van der Waals surface area contributed by atoms with Gasteiger partial charge in [-0.3, -0.25) is 4.18 Å². The average molecular weight is 291 g/mol. The van der Waals surface area contributed by atoms with Gasteiger partial charge >= 0.3 is 6.09 Å². The molecule has 3 fully saturated rings. The van der Waals surface area contributed by atoms with Gasteiger partial charge in [-0.2, -0.15) is 8.42 Å². The highest BCUT2D eigenvalue weighted by molar-refractivity contribution is 7.85. The molecular formula is C12H21NO5S. The first-order chi connectivity index (χ1) is 8.43. The van der Waals surface area contributed by atoms with E-state index in [1.165, 1.54) is 0 Å². The lowest BCUT2D eigenvalue weighted by molar-refractivity contribution is -0.169. The lowest BCUT2D eigenvalue weighted by Gasteiger charge is -2.70. The number of carbonyl (C=O) groups is 1. The Kier molecular flexibility index (Phi) is 3.14. The fraction of sp³-hybridized carbons (Fsp3) is 0.917. The van der Waals surface area contributed by atoms with Crippen molar-refractivity contribution in [2.45, 2.75) is 51.2 Å². The normalized spacial score (nSPS) is 33.1. The minimum Gasteiger partial charge on any atom is -0.444 e. The molecule has 3 rings (SSSR count). The summed E-state index contributed by atoms with van der Waals surface area (Å²) in [5.74, 6) is 0. The summed E-state index contributed by atoms with van der Waals surface area (Å²) < 4.78 is 31.9. The molecular weight excluding hydrogens is 270 g/mol. The maximum Gasteiger partial charge on any atom is 0.408 e. The molecule has 0 radical (unpaired) electrons. The largest absolute Gasteiger partial charge is 0.444 e. The smallest absolute Gasteiger partial charge is 0.408 e. The van der Waals surface area contributed by atoms with Crippen molar-refractivity contribution >= 4 is 16.2 Å². The molecule has 0 atom stereocenters. The van der Waals surface area contributed by atoms with E-state index in [4.69, 9.17) is 8.92 Å². The van der Waals surface area contributed by atoms with Crippen LogP contribution >= 0.6 is 0 Å². The Labute approximate surface area is 114 Å². The van der Waals surface area contributed by atoms with E-state index in [1.807, 2.05) is 20.8 Å². The highest BCUT2D eigenvalue weighted by atomic mass is 32.2. The minimum atomic E-state index is -3.39. The molecule has 3 saturated carbocycles. The van der Waals surface area contributed by atoms with Crippen molar-refractivity contribution in [2.75, 3.05) is 12.9 Å². The summed E-state index contributed by atoms with van der Waals surface area (Å²) in [6.45, 7) is 5.66. The number of amides is 1. The van der Waals surface area contributed by atoms with Gasteiger partial charge in [0.15, 0.2) is 0 Å². The van der Waals surface area contributed by atoms with E-state index in [2.05, 4.69) is 5.32 Å². The van der Waals surface area contributed by atoms with Crippen LogP contribution in [0.25, 0.3) is 0 Å². The van der Waals surface area contributed by atoms with Crippen molar-refractivity contribution in [2.24, 2.45) is 5.41 Å². The molecule has 0 spiro atoms. The molecule has 0 aliphatic heterocycles. The van der Waals surface area contributed by atoms with E-state index in [0.717, 1.165) is 25.5 Å². The van der Waals surface area contributed by atoms with Gasteiger partial charge in [-0.25, -0.2) is 4.79 Å². The van der Waals surface area contributed by atoms with Crippen LogP contribution in [-0.4, -0.2) is 38.5 Å². The third-order valence-corrected chi connectivity index (χ3v) is 4.03. The van der Waals surface area contributed by atoms with Gasteiger partial charge in [-0.05, 0) is 40.0 Å². The van der Waals surface area contributed by atoms with E-state index >= 15 is 0 Å². The van der Waals surface area contributed by atoms with E-state index < -0.39 is 21.8 Å². The number of hydrogen-bond acceptors (Lipinski definition) is 5. The second-order valence-corrected chi connectivity index (χ2v) is 8.55. The molecule has 1 amide bonds. The predicted octanol–water partition coefficient (Wildman–Crippen LogP) is 1.41. The molecule has 19 heavy (non-hydrogen) atoms. The second-order valence-electron chi connectivity index (χ2n) is 6.90. The predicted molar refractivity (Wildman–Crippen MR) is 69.2 cm³/mol. The first-order valence-corrected chi connectivity index (χ1v) is 8.10. The van der Waals surface area contributed by atoms with Crippen LogP contribution in [0.2, 0.25) is 0 Å². The Bertz CT molecular complexity index is 471. The summed E-state index contributed by atoms with van der Waals surface area (Å²) in [4.78, 5) is 11.7. The highest BCUT2D eigenvalue weighted by Gasteiger charge is 2.69. The van der Waals surface area contributed by atoms with Crippen LogP contribution in [0.5, 0.6) is 0 Å². The summed E-state index contributed by atoms with van der Waals surface area (Å²) in [6.07, 6.45) is 2.91. The van der Waals surface area contributed by atoms with Gasteiger partial charge in [0.2, 0.25) is 0 Å². The Morgan fingerprint density at radius 2 is 1.79 bits per heavy atom. The zero-order valence-corrected chi connectivity index (χ0v) is 12.6. The third-order valence-electron chi connectivity index (χ3n) is 3.49. The zero-order valence-electron chi connectivity index (χ0n) is 11.8. The molecule has 110 valence electrons. The van der Waals surface area contributed by atoms with Crippen LogP contribution in [0, 0.1) is 5.41 Å². The molecule has 1 N–H and O–H groups in total. The Hall–Kier alpha value is -0.820. The van der Waals surface area contributed by atoms with Gasteiger partial charge in [0.25, 0.3) is 10.1 Å². The number of hydrogen-bond donors (Lipinski definition) is 1. The van der Waals surface area contributed by atoms with E-state index in [-0.39, 0.29) is 17.6 Å². The molecule has 2 bridgehead atoms. The summed E-state index contributed by atoms with van der Waals surface area (Å²) in [5, 5.41) is 2.87. The standard InChI is InChI=1S/C12H21NO5S/c1-10(2,3)18-9(14)13-12-5-11(6-12,7-12)8-17-19(4,15)16/h5-8H2,1-4H3,(H,13,14). The van der Waals surface area contributed by atoms with E-state index in [0.29, 0.717) is 0 Å². The number of carbonyl (C=O) groups excluding carboxylic acids is 1. The van der Waals surface area contributed by atoms with Crippen LogP contribution < -0.4 is 5.32 Å². The minimum absolute atomic E-state index is 0.0713. The molecule has 7 heteroatoms. The van der Waals surface area contributed by atoms with Crippen LogP contribution in [-0.2, 0) is 19.0 Å². The summed E-state index contributed by atoms with van der Waals surface area (Å²) in [5.41, 5.74) is -0.786. The second kappa shape index (κ2) is 4.09. The molecule has 3 aliphatic carbocycles. The van der Waals surface area contributed by atoms with Crippen LogP contribution in [0.4, 0.5) is 4.79 Å². The fourth-order valence-electron chi connectivity index (χ4n) is 3.04. The zero-order chi connectivity index (χ0) is 14.5. The first kappa shape index (κ1) is 14.6. The van der Waals surface area contributed by atoms with Gasteiger partial charge in [0.05, 0.1) is 12.9 Å². The monoisotopic (exact) mass is 291 g/mol. The van der Waals surface area contributed by atoms with E-state index in [9.17, 15) is 13.2 Å². The SMILES string of the molecule is CC(C)(C)OC(=O)NC12CC(COS(C)(=O)=O)(C1)C2. The van der Waals surface area contributed by atoms with Crippen molar-refractivity contribution in [3.63, 3.8) is 0 Å². The number of alkyl carbamates (subject to hydrolysis) is 1. The quantitative estimate of drug-likeness (QED) is 0.792. The van der Waals surface area contributed by atoms with Crippen LogP contribution in [0.3, 0.4) is 0 Å². The number of rotatable bonds is 4. The Morgan fingerprint density at radius 1 is 1.26 bits per heavy atom. The molecule has 0 unspecified atom stereocenters. The van der Waals surface area contributed by atoms with Crippen LogP contribution in [0.15, 0.2) is 0 Å². The Morgan fingerprint density at radius 3 is 2.21 bits per heavy atom. The van der Waals surface area contributed by atoms with Gasteiger partial charge < -0.3 is 10.1 Å². The molecule has 0 aromatic heterocycles. The molecule has 0 aromatic carbocycles. The van der Waals surface area contributed by atoms with Crippen molar-refractivity contribution in [3.8, 4) is 0 Å². The lowest BCUT2D eigenvalue weighted by Crippen LogP contribution is -2.76. The maximum absolute atomic E-state index is 11.7. The third kappa shape index (κ3) is 3.39. The molecule has 0 aromatic rings.